The summed E-state index contributed by atoms with van der Waals surface area (Å²) in [5.74, 6) is 3.73. The fourth-order valence-corrected chi connectivity index (χ4v) is 3.96. The standard InChI is InChI=1S/C19H23N9O/c1-3-15-23-16-18(21-11-22-19(16)29-15)28-7-4-5-13(9-28)17-25-24-14(26(17)2)10-27-8-6-20-12-27/h6,8,11-13H,3-5,7,9-10H2,1-2H3/t13-/m1/s1. The number of fused-ring (bicyclic) bond motifs is 1. The quantitative estimate of drug-likeness (QED) is 0.507. The summed E-state index contributed by atoms with van der Waals surface area (Å²) in [6.45, 7) is 4.42. The Balaban J connectivity index is 1.40. The average Bonchev–Trinajstić information content (AvgIpc) is 3.48. The lowest BCUT2D eigenvalue weighted by Gasteiger charge is -2.32. The smallest absolute Gasteiger partial charge is 0.252 e. The van der Waals surface area contributed by atoms with E-state index in [0.29, 0.717) is 18.1 Å². The second-order valence-corrected chi connectivity index (χ2v) is 7.37. The zero-order valence-corrected chi connectivity index (χ0v) is 16.6. The summed E-state index contributed by atoms with van der Waals surface area (Å²) in [5, 5.41) is 8.93. The van der Waals surface area contributed by atoms with Crippen LogP contribution in [0.3, 0.4) is 0 Å². The van der Waals surface area contributed by atoms with Crippen LogP contribution in [-0.2, 0) is 20.0 Å². The molecule has 10 heteroatoms. The van der Waals surface area contributed by atoms with Gasteiger partial charge in [-0.05, 0) is 12.8 Å². The Hall–Kier alpha value is -3.30. The first kappa shape index (κ1) is 17.8. The van der Waals surface area contributed by atoms with Gasteiger partial charge in [-0.15, -0.1) is 10.2 Å². The van der Waals surface area contributed by atoms with Crippen LogP contribution < -0.4 is 4.90 Å². The van der Waals surface area contributed by atoms with Crippen LogP contribution in [0.2, 0.25) is 0 Å². The normalized spacial score (nSPS) is 17.3. The summed E-state index contributed by atoms with van der Waals surface area (Å²) >= 11 is 0. The minimum Gasteiger partial charge on any atom is -0.422 e. The van der Waals surface area contributed by atoms with Gasteiger partial charge in [-0.1, -0.05) is 6.92 Å². The Morgan fingerprint density at radius 2 is 2.17 bits per heavy atom. The summed E-state index contributed by atoms with van der Waals surface area (Å²) in [7, 11) is 2.04. The highest BCUT2D eigenvalue weighted by atomic mass is 16.4. The topological polar surface area (TPSA) is 104 Å². The number of aromatic nitrogens is 8. The summed E-state index contributed by atoms with van der Waals surface area (Å²) in [5.41, 5.74) is 1.29. The van der Waals surface area contributed by atoms with Gasteiger partial charge in [0, 0.05) is 44.9 Å². The lowest BCUT2D eigenvalue weighted by Crippen LogP contribution is -2.36. The molecule has 1 aliphatic rings. The van der Waals surface area contributed by atoms with Crippen molar-refractivity contribution in [3.63, 3.8) is 0 Å². The Morgan fingerprint density at radius 1 is 1.24 bits per heavy atom. The van der Waals surface area contributed by atoms with Crippen molar-refractivity contribution in [2.45, 2.75) is 38.6 Å². The summed E-state index contributed by atoms with van der Waals surface area (Å²) in [6, 6.07) is 0. The van der Waals surface area contributed by atoms with Gasteiger partial charge in [-0.2, -0.15) is 4.98 Å². The van der Waals surface area contributed by atoms with Crippen molar-refractivity contribution < 1.29 is 4.42 Å². The summed E-state index contributed by atoms with van der Waals surface area (Å²) < 4.78 is 9.81. The number of hydrogen-bond acceptors (Lipinski definition) is 8. The first-order valence-electron chi connectivity index (χ1n) is 9.92. The molecule has 5 rings (SSSR count). The predicted molar refractivity (Wildman–Crippen MR) is 105 cm³/mol. The first-order chi connectivity index (χ1) is 14.2. The molecule has 0 spiro atoms. The van der Waals surface area contributed by atoms with Crippen LogP contribution in [0.15, 0.2) is 29.5 Å². The maximum Gasteiger partial charge on any atom is 0.252 e. The van der Waals surface area contributed by atoms with Crippen LogP contribution in [0.4, 0.5) is 5.82 Å². The molecule has 0 bridgehead atoms. The van der Waals surface area contributed by atoms with Crippen molar-refractivity contribution in [1.29, 1.82) is 0 Å². The number of aryl methyl sites for hydroxylation is 1. The molecule has 150 valence electrons. The van der Waals surface area contributed by atoms with E-state index < -0.39 is 0 Å². The molecular weight excluding hydrogens is 370 g/mol. The van der Waals surface area contributed by atoms with Crippen molar-refractivity contribution >= 4 is 17.0 Å². The Labute approximate surface area is 167 Å². The second-order valence-electron chi connectivity index (χ2n) is 7.37. The van der Waals surface area contributed by atoms with E-state index >= 15 is 0 Å². The van der Waals surface area contributed by atoms with Gasteiger partial charge in [0.1, 0.15) is 12.2 Å². The third kappa shape index (κ3) is 3.24. The molecule has 1 atom stereocenters. The zero-order valence-electron chi connectivity index (χ0n) is 16.6. The highest BCUT2D eigenvalue weighted by Crippen LogP contribution is 2.31. The van der Waals surface area contributed by atoms with Gasteiger partial charge in [0.25, 0.3) is 5.71 Å². The van der Waals surface area contributed by atoms with Crippen LogP contribution in [-0.4, -0.2) is 52.4 Å². The molecule has 0 aliphatic carbocycles. The Bertz CT molecular complexity index is 1110. The summed E-state index contributed by atoms with van der Waals surface area (Å²) in [4.78, 5) is 19.7. The van der Waals surface area contributed by atoms with Crippen molar-refractivity contribution in [3.8, 4) is 0 Å². The van der Waals surface area contributed by atoms with Gasteiger partial charge >= 0.3 is 0 Å². The van der Waals surface area contributed by atoms with Crippen LogP contribution in [0.25, 0.3) is 11.2 Å². The van der Waals surface area contributed by atoms with Gasteiger partial charge in [0.15, 0.2) is 23.0 Å². The van der Waals surface area contributed by atoms with E-state index in [4.69, 9.17) is 4.42 Å². The highest BCUT2D eigenvalue weighted by Gasteiger charge is 2.28. The first-order valence-corrected chi connectivity index (χ1v) is 9.92. The molecule has 5 heterocycles. The third-order valence-electron chi connectivity index (χ3n) is 5.49. The fraction of sp³-hybridized carbons (Fsp3) is 0.474. The molecule has 0 N–H and O–H groups in total. The van der Waals surface area contributed by atoms with E-state index in [2.05, 4.69) is 39.6 Å². The number of imidazole rings is 1. The van der Waals surface area contributed by atoms with Crippen LogP contribution in [0.5, 0.6) is 0 Å². The van der Waals surface area contributed by atoms with E-state index in [0.717, 1.165) is 55.3 Å². The fourth-order valence-electron chi connectivity index (χ4n) is 3.96. The molecule has 0 radical (unpaired) electrons. The van der Waals surface area contributed by atoms with Gasteiger partial charge < -0.3 is 18.5 Å². The molecule has 1 aliphatic heterocycles. The maximum atomic E-state index is 5.71. The van der Waals surface area contributed by atoms with Gasteiger partial charge in [0.2, 0.25) is 0 Å². The number of oxazole rings is 1. The monoisotopic (exact) mass is 393 g/mol. The molecule has 0 aromatic carbocycles. The largest absolute Gasteiger partial charge is 0.422 e. The van der Waals surface area contributed by atoms with Crippen molar-refractivity contribution in [3.05, 3.63) is 42.6 Å². The van der Waals surface area contributed by atoms with E-state index in [-0.39, 0.29) is 5.92 Å². The number of hydrogen-bond donors (Lipinski definition) is 0. The lowest BCUT2D eigenvalue weighted by atomic mass is 9.97. The molecule has 0 amide bonds. The average molecular weight is 393 g/mol. The number of nitrogens with zero attached hydrogens (tertiary/aromatic N) is 9. The highest BCUT2D eigenvalue weighted by molar-refractivity contribution is 5.81. The van der Waals surface area contributed by atoms with Gasteiger partial charge in [-0.3, -0.25) is 0 Å². The Morgan fingerprint density at radius 3 is 3.00 bits per heavy atom. The minimum atomic E-state index is 0.278. The van der Waals surface area contributed by atoms with E-state index in [9.17, 15) is 0 Å². The number of rotatable bonds is 5. The molecule has 29 heavy (non-hydrogen) atoms. The molecular formula is C19H23N9O. The van der Waals surface area contributed by atoms with Crippen molar-refractivity contribution in [1.82, 2.24) is 39.3 Å². The van der Waals surface area contributed by atoms with E-state index in [1.165, 1.54) is 0 Å². The molecule has 0 saturated carbocycles. The predicted octanol–water partition coefficient (Wildman–Crippen LogP) is 1.94. The molecule has 10 nitrogen and oxygen atoms in total. The molecule has 4 aromatic heterocycles. The third-order valence-corrected chi connectivity index (χ3v) is 5.49. The molecule has 0 unspecified atom stereocenters. The molecule has 4 aromatic rings. The van der Waals surface area contributed by atoms with E-state index in [1.54, 1.807) is 18.9 Å². The SMILES string of the molecule is CCc1nc2c(N3CCC[C@@H](c4nnc(Cn5ccnc5)n4C)C3)ncnc2o1. The van der Waals surface area contributed by atoms with Crippen LogP contribution in [0, 0.1) is 0 Å². The minimum absolute atomic E-state index is 0.278. The number of anilines is 1. The van der Waals surface area contributed by atoms with Crippen molar-refractivity contribution in [2.75, 3.05) is 18.0 Å². The van der Waals surface area contributed by atoms with Crippen LogP contribution >= 0.6 is 0 Å². The van der Waals surface area contributed by atoms with Gasteiger partial charge in [0.05, 0.1) is 12.9 Å². The van der Waals surface area contributed by atoms with Gasteiger partial charge in [-0.25, -0.2) is 15.0 Å². The molecule has 1 fully saturated rings. The molecule has 1 saturated heterocycles. The van der Waals surface area contributed by atoms with E-state index in [1.807, 2.05) is 24.7 Å². The summed E-state index contributed by atoms with van der Waals surface area (Å²) in [6.07, 6.45) is 9.90. The Kier molecular flexibility index (Phi) is 4.45. The number of piperidine rings is 1. The second kappa shape index (κ2) is 7.26. The lowest BCUT2D eigenvalue weighted by molar-refractivity contribution is 0.476. The van der Waals surface area contributed by atoms with Crippen LogP contribution in [0.1, 0.15) is 43.2 Å². The van der Waals surface area contributed by atoms with Crippen molar-refractivity contribution in [2.24, 2.45) is 7.05 Å². The maximum absolute atomic E-state index is 5.71. The zero-order chi connectivity index (χ0) is 19.8.